The van der Waals surface area contributed by atoms with Crippen molar-refractivity contribution >= 4 is 17.5 Å². The first-order chi connectivity index (χ1) is 11.8. The molecule has 0 fully saturated rings. The summed E-state index contributed by atoms with van der Waals surface area (Å²) >= 11 is 0. The molecule has 1 aliphatic rings. The van der Waals surface area contributed by atoms with Crippen LogP contribution in [0.3, 0.4) is 0 Å². The van der Waals surface area contributed by atoms with Gasteiger partial charge in [0.25, 0.3) is 0 Å². The zero-order chi connectivity index (χ0) is 16.5. The number of ether oxygens (including phenoxy) is 2. The van der Waals surface area contributed by atoms with Crippen molar-refractivity contribution in [3.05, 3.63) is 60.4 Å². The predicted molar refractivity (Wildman–Crippen MR) is 86.7 cm³/mol. The van der Waals surface area contributed by atoms with Gasteiger partial charge in [-0.05, 0) is 24.3 Å². The Hall–Kier alpha value is -3.35. The molecule has 0 saturated heterocycles. The molecule has 0 N–H and O–H groups in total. The van der Waals surface area contributed by atoms with Gasteiger partial charge in [-0.2, -0.15) is 4.98 Å². The van der Waals surface area contributed by atoms with Crippen LogP contribution in [-0.4, -0.2) is 28.0 Å². The van der Waals surface area contributed by atoms with Crippen LogP contribution in [0.1, 0.15) is 5.82 Å². The summed E-state index contributed by atoms with van der Waals surface area (Å²) in [7, 11) is 1.24. The largest absolute Gasteiger partial charge is 0.516 e. The molecule has 0 spiro atoms. The summed E-state index contributed by atoms with van der Waals surface area (Å²) in [5.41, 5.74) is 2.93. The minimum Gasteiger partial charge on any atom is -0.437 e. The van der Waals surface area contributed by atoms with E-state index in [2.05, 4.69) is 19.7 Å². The second kappa shape index (κ2) is 5.69. The van der Waals surface area contributed by atoms with Crippen molar-refractivity contribution in [2.75, 3.05) is 12.0 Å². The molecule has 0 saturated carbocycles. The molecule has 0 radical (unpaired) electrons. The van der Waals surface area contributed by atoms with E-state index >= 15 is 0 Å². The second-order valence-corrected chi connectivity index (χ2v) is 5.19. The van der Waals surface area contributed by atoms with E-state index in [9.17, 15) is 4.79 Å². The molecule has 7 nitrogen and oxygen atoms in total. The number of fused-ring (bicyclic) bond motifs is 3. The topological polar surface area (TPSA) is 69.5 Å². The van der Waals surface area contributed by atoms with Gasteiger partial charge in [0, 0.05) is 5.69 Å². The van der Waals surface area contributed by atoms with Crippen LogP contribution in [0.25, 0.3) is 5.69 Å². The molecule has 120 valence electrons. The van der Waals surface area contributed by atoms with Gasteiger partial charge in [-0.1, -0.05) is 30.3 Å². The van der Waals surface area contributed by atoms with E-state index in [1.165, 1.54) is 7.11 Å². The molecule has 7 heteroatoms. The van der Waals surface area contributed by atoms with Crippen LogP contribution in [0.5, 0.6) is 6.01 Å². The van der Waals surface area contributed by atoms with Crippen molar-refractivity contribution < 1.29 is 14.3 Å². The number of rotatable bonds is 2. The highest BCUT2D eigenvalue weighted by molar-refractivity contribution is 5.73. The molecular formula is C17H14N4O3. The molecule has 24 heavy (non-hydrogen) atoms. The van der Waals surface area contributed by atoms with Crippen LogP contribution < -0.4 is 9.64 Å². The van der Waals surface area contributed by atoms with Gasteiger partial charge in [0.05, 0.1) is 25.0 Å². The fourth-order valence-electron chi connectivity index (χ4n) is 2.71. The molecular weight excluding hydrogens is 308 g/mol. The van der Waals surface area contributed by atoms with E-state index in [-0.39, 0.29) is 6.01 Å². The fraction of sp³-hybridized carbons (Fsp3) is 0.118. The molecule has 0 aliphatic carbocycles. The SMILES string of the molecule is COC(=O)Oc1nc2n(n1)-c1ccccc1N(c1ccccc1)C2. The molecule has 2 heterocycles. The van der Waals surface area contributed by atoms with Gasteiger partial charge >= 0.3 is 12.2 Å². The minimum absolute atomic E-state index is 0.0263. The molecule has 3 aromatic rings. The third-order valence-electron chi connectivity index (χ3n) is 3.76. The lowest BCUT2D eigenvalue weighted by atomic mass is 10.1. The summed E-state index contributed by atoms with van der Waals surface area (Å²) in [4.78, 5) is 17.7. The maximum Gasteiger partial charge on any atom is 0.516 e. The Bertz CT molecular complexity index is 892. The normalized spacial score (nSPS) is 12.3. The van der Waals surface area contributed by atoms with E-state index in [0.29, 0.717) is 12.4 Å². The Labute approximate surface area is 138 Å². The maximum absolute atomic E-state index is 11.3. The Balaban J connectivity index is 1.79. The number of benzene rings is 2. The molecule has 0 unspecified atom stereocenters. The third-order valence-corrected chi connectivity index (χ3v) is 3.76. The molecule has 0 amide bonds. The number of carbonyl (C=O) groups is 1. The van der Waals surface area contributed by atoms with Crippen molar-refractivity contribution in [2.45, 2.75) is 6.54 Å². The number of hydrogen-bond donors (Lipinski definition) is 0. The van der Waals surface area contributed by atoms with Crippen LogP contribution >= 0.6 is 0 Å². The fourth-order valence-corrected chi connectivity index (χ4v) is 2.71. The lowest BCUT2D eigenvalue weighted by Gasteiger charge is -2.30. The highest BCUT2D eigenvalue weighted by Gasteiger charge is 2.26. The van der Waals surface area contributed by atoms with E-state index in [1.807, 2.05) is 54.6 Å². The van der Waals surface area contributed by atoms with Crippen LogP contribution in [0.4, 0.5) is 16.2 Å². The summed E-state index contributed by atoms with van der Waals surface area (Å²) in [6.45, 7) is 0.512. The van der Waals surface area contributed by atoms with Gasteiger partial charge in [-0.3, -0.25) is 0 Å². The first-order valence-electron chi connectivity index (χ1n) is 7.40. The highest BCUT2D eigenvalue weighted by atomic mass is 16.7. The number of hydrogen-bond acceptors (Lipinski definition) is 6. The van der Waals surface area contributed by atoms with Gasteiger partial charge in [0.1, 0.15) is 0 Å². The van der Waals surface area contributed by atoms with Gasteiger partial charge in [-0.25, -0.2) is 9.48 Å². The van der Waals surface area contributed by atoms with Crippen molar-refractivity contribution in [1.82, 2.24) is 14.8 Å². The monoisotopic (exact) mass is 322 g/mol. The molecule has 4 rings (SSSR count). The standard InChI is InChI=1S/C17H14N4O3/c1-23-17(22)24-16-18-15-11-20(12-7-3-2-4-8-12)13-9-5-6-10-14(13)21(15)19-16/h2-10H,11H2,1H3. The summed E-state index contributed by atoms with van der Waals surface area (Å²) in [5.74, 6) is 0.677. The zero-order valence-electron chi connectivity index (χ0n) is 12.9. The van der Waals surface area contributed by atoms with Crippen LogP contribution in [0.15, 0.2) is 54.6 Å². The molecule has 0 bridgehead atoms. The molecule has 2 aromatic carbocycles. The average Bonchev–Trinajstić information content (AvgIpc) is 3.04. The number of aromatic nitrogens is 3. The number of para-hydroxylation sites is 3. The van der Waals surface area contributed by atoms with Crippen molar-refractivity contribution in [3.63, 3.8) is 0 Å². The first kappa shape index (κ1) is 14.3. The second-order valence-electron chi connectivity index (χ2n) is 5.19. The van der Waals surface area contributed by atoms with Gasteiger partial charge in [-0.15, -0.1) is 5.10 Å². The third kappa shape index (κ3) is 2.36. The maximum atomic E-state index is 11.3. The van der Waals surface area contributed by atoms with Gasteiger partial charge in [0.2, 0.25) is 0 Å². The summed E-state index contributed by atoms with van der Waals surface area (Å²) in [6.07, 6.45) is -0.842. The van der Waals surface area contributed by atoms with Crippen molar-refractivity contribution in [3.8, 4) is 11.7 Å². The highest BCUT2D eigenvalue weighted by Crippen LogP contribution is 2.36. The number of carbonyl (C=O) groups excluding carboxylic acids is 1. The van der Waals surface area contributed by atoms with E-state index in [0.717, 1.165) is 17.1 Å². The average molecular weight is 322 g/mol. The quantitative estimate of drug-likeness (QED) is 0.675. The van der Waals surface area contributed by atoms with E-state index in [4.69, 9.17) is 4.74 Å². The number of nitrogens with zero attached hydrogens (tertiary/aromatic N) is 4. The van der Waals surface area contributed by atoms with Crippen molar-refractivity contribution in [2.24, 2.45) is 0 Å². The van der Waals surface area contributed by atoms with E-state index < -0.39 is 6.16 Å². The smallest absolute Gasteiger partial charge is 0.437 e. The summed E-state index contributed by atoms with van der Waals surface area (Å²) in [6, 6.07) is 17.9. The Kier molecular flexibility index (Phi) is 3.38. The zero-order valence-corrected chi connectivity index (χ0v) is 12.9. The Morgan fingerprint density at radius 1 is 1.04 bits per heavy atom. The number of anilines is 2. The Morgan fingerprint density at radius 3 is 2.50 bits per heavy atom. The van der Waals surface area contributed by atoms with Gasteiger partial charge < -0.3 is 14.4 Å². The van der Waals surface area contributed by atoms with Crippen molar-refractivity contribution in [1.29, 1.82) is 0 Å². The van der Waals surface area contributed by atoms with Crippen LogP contribution in [-0.2, 0) is 11.3 Å². The Morgan fingerprint density at radius 2 is 1.75 bits per heavy atom. The lowest BCUT2D eigenvalue weighted by molar-refractivity contribution is 0.118. The van der Waals surface area contributed by atoms with Crippen LogP contribution in [0, 0.1) is 0 Å². The summed E-state index contributed by atoms with van der Waals surface area (Å²) in [5, 5.41) is 4.26. The lowest BCUT2D eigenvalue weighted by Crippen LogP contribution is -2.25. The number of methoxy groups -OCH3 is 1. The molecule has 1 aliphatic heterocycles. The molecule has 0 atom stereocenters. The summed E-state index contributed by atoms with van der Waals surface area (Å²) < 4.78 is 11.1. The molecule has 1 aromatic heterocycles. The minimum atomic E-state index is -0.842. The van der Waals surface area contributed by atoms with Crippen LogP contribution in [0.2, 0.25) is 0 Å². The first-order valence-corrected chi connectivity index (χ1v) is 7.40. The predicted octanol–water partition coefficient (Wildman–Crippen LogP) is 3.06. The van der Waals surface area contributed by atoms with E-state index in [1.54, 1.807) is 4.68 Å². The van der Waals surface area contributed by atoms with Gasteiger partial charge in [0.15, 0.2) is 5.82 Å².